The minimum Gasteiger partial charge on any atom is -0.231 e. The van der Waals surface area contributed by atoms with Gasteiger partial charge in [0.25, 0.3) is 0 Å². The Morgan fingerprint density at radius 3 is 3.00 bits per heavy atom. The van der Waals surface area contributed by atoms with E-state index in [2.05, 4.69) is 26.0 Å². The highest BCUT2D eigenvalue weighted by Gasteiger charge is 2.05. The van der Waals surface area contributed by atoms with Crippen molar-refractivity contribution >= 4 is 33.2 Å². The summed E-state index contributed by atoms with van der Waals surface area (Å²) in [6.07, 6.45) is 0. The summed E-state index contributed by atoms with van der Waals surface area (Å²) in [6.45, 7) is 1.91. The van der Waals surface area contributed by atoms with Crippen LogP contribution < -0.4 is 0 Å². The van der Waals surface area contributed by atoms with Gasteiger partial charge in [-0.2, -0.15) is 5.10 Å². The molecular weight excluding hydrogens is 241 g/mol. The molecule has 2 rings (SSSR count). The molecule has 0 amide bonds. The molecule has 0 saturated carbocycles. The summed E-state index contributed by atoms with van der Waals surface area (Å²) in [5.74, 6) is 0. The van der Waals surface area contributed by atoms with Gasteiger partial charge in [-0.05, 0) is 35.0 Å². The first kappa shape index (κ1) is 8.01. The van der Waals surface area contributed by atoms with Crippen molar-refractivity contribution in [3.8, 4) is 0 Å². The zero-order valence-corrected chi connectivity index (χ0v) is 8.59. The quantitative estimate of drug-likeness (QED) is 0.715. The fourth-order valence-electron chi connectivity index (χ4n) is 0.994. The van der Waals surface area contributed by atoms with Crippen LogP contribution in [0.3, 0.4) is 0 Å². The molecule has 5 heteroatoms. The van der Waals surface area contributed by atoms with E-state index in [1.165, 1.54) is 0 Å². The highest BCUT2D eigenvalue weighted by atomic mass is 79.9. The van der Waals surface area contributed by atoms with Gasteiger partial charge in [0.1, 0.15) is 9.76 Å². The first-order valence-corrected chi connectivity index (χ1v) is 4.53. The first-order chi connectivity index (χ1) is 5.68. The van der Waals surface area contributed by atoms with E-state index in [1.54, 1.807) is 10.6 Å². The van der Waals surface area contributed by atoms with Gasteiger partial charge in [0, 0.05) is 0 Å². The number of rotatable bonds is 0. The Bertz CT molecular complexity index is 437. The van der Waals surface area contributed by atoms with E-state index >= 15 is 0 Å². The molecule has 2 heterocycles. The number of hydrogen-bond donors (Lipinski definition) is 0. The average molecular weight is 246 g/mol. The number of aromatic nitrogens is 3. The van der Waals surface area contributed by atoms with Gasteiger partial charge in [0.2, 0.25) is 0 Å². The van der Waals surface area contributed by atoms with Crippen molar-refractivity contribution in [3.63, 3.8) is 0 Å². The molecule has 0 bridgehead atoms. The van der Waals surface area contributed by atoms with Crippen molar-refractivity contribution < 1.29 is 0 Å². The summed E-state index contributed by atoms with van der Waals surface area (Å²) in [5, 5.41) is 4.53. The minimum absolute atomic E-state index is 0.459. The fourth-order valence-corrected chi connectivity index (χ4v) is 1.48. The van der Waals surface area contributed by atoms with E-state index in [4.69, 9.17) is 11.6 Å². The Labute approximate surface area is 82.5 Å². The zero-order chi connectivity index (χ0) is 8.72. The lowest BCUT2D eigenvalue weighted by Crippen LogP contribution is -1.90. The molecule has 3 nitrogen and oxygen atoms in total. The summed E-state index contributed by atoms with van der Waals surface area (Å²) < 4.78 is 2.51. The lowest BCUT2D eigenvalue weighted by atomic mass is 10.6. The summed E-state index contributed by atoms with van der Waals surface area (Å²) >= 11 is 9.08. The van der Waals surface area contributed by atoms with Gasteiger partial charge in [-0.3, -0.25) is 0 Å². The van der Waals surface area contributed by atoms with Crippen molar-refractivity contribution in [2.45, 2.75) is 6.92 Å². The largest absolute Gasteiger partial charge is 0.231 e. The minimum atomic E-state index is 0.459. The molecule has 0 spiro atoms. The van der Waals surface area contributed by atoms with Crippen LogP contribution in [-0.4, -0.2) is 14.6 Å². The molecular formula is C7H5BrClN3. The van der Waals surface area contributed by atoms with E-state index in [0.29, 0.717) is 5.15 Å². The van der Waals surface area contributed by atoms with Crippen LogP contribution in [0.5, 0.6) is 0 Å². The Morgan fingerprint density at radius 2 is 2.25 bits per heavy atom. The Hall–Kier alpha value is -0.610. The Morgan fingerprint density at radius 1 is 1.50 bits per heavy atom. The molecule has 0 radical (unpaired) electrons. The van der Waals surface area contributed by atoms with Crippen molar-refractivity contribution in [2.24, 2.45) is 0 Å². The zero-order valence-electron chi connectivity index (χ0n) is 6.25. The maximum Gasteiger partial charge on any atom is 0.155 e. The lowest BCUT2D eigenvalue weighted by molar-refractivity contribution is 0.913. The van der Waals surface area contributed by atoms with E-state index in [9.17, 15) is 0 Å². The van der Waals surface area contributed by atoms with Gasteiger partial charge in [0.05, 0.1) is 5.69 Å². The first-order valence-electron chi connectivity index (χ1n) is 3.36. The van der Waals surface area contributed by atoms with Crippen LogP contribution in [-0.2, 0) is 0 Å². The molecule has 0 fully saturated rings. The standard InChI is InChI=1S/C7H5BrClN3/c1-4-7(8)12-6(10-4)3-2-5(9)11-12/h2-3H,1H3. The van der Waals surface area contributed by atoms with E-state index in [0.717, 1.165) is 15.9 Å². The topological polar surface area (TPSA) is 30.2 Å². The molecule has 0 aromatic carbocycles. The van der Waals surface area contributed by atoms with Crippen LogP contribution in [0.2, 0.25) is 5.15 Å². The highest BCUT2D eigenvalue weighted by Crippen LogP contribution is 2.17. The average Bonchev–Trinajstić information content (AvgIpc) is 2.31. The van der Waals surface area contributed by atoms with Gasteiger partial charge in [0.15, 0.2) is 5.65 Å². The molecule has 2 aromatic rings. The summed E-state index contributed by atoms with van der Waals surface area (Å²) in [5.41, 5.74) is 1.70. The van der Waals surface area contributed by atoms with E-state index < -0.39 is 0 Å². The molecule has 0 aliphatic carbocycles. The molecule has 0 aliphatic rings. The lowest BCUT2D eigenvalue weighted by Gasteiger charge is -1.93. The smallest absolute Gasteiger partial charge is 0.155 e. The number of imidazole rings is 1. The Kier molecular flexibility index (Phi) is 1.81. The second-order valence-electron chi connectivity index (χ2n) is 2.41. The van der Waals surface area contributed by atoms with Crippen LogP contribution in [0.1, 0.15) is 5.69 Å². The molecule has 0 aliphatic heterocycles. The summed E-state index contributed by atoms with van der Waals surface area (Å²) in [4.78, 5) is 4.25. The van der Waals surface area contributed by atoms with Gasteiger partial charge in [-0.25, -0.2) is 9.50 Å². The number of nitrogens with zero attached hydrogens (tertiary/aromatic N) is 3. The van der Waals surface area contributed by atoms with Crippen LogP contribution in [0.15, 0.2) is 16.7 Å². The molecule has 62 valence electrons. The van der Waals surface area contributed by atoms with Crippen molar-refractivity contribution in [3.05, 3.63) is 27.6 Å². The number of aryl methyl sites for hydroxylation is 1. The Balaban J connectivity index is 2.88. The third-order valence-corrected chi connectivity index (χ3v) is 2.66. The van der Waals surface area contributed by atoms with Gasteiger partial charge < -0.3 is 0 Å². The second-order valence-corrected chi connectivity index (χ2v) is 3.55. The summed E-state index contributed by atoms with van der Waals surface area (Å²) in [7, 11) is 0. The predicted molar refractivity (Wildman–Crippen MR) is 50.4 cm³/mol. The predicted octanol–water partition coefficient (Wildman–Crippen LogP) is 2.45. The van der Waals surface area contributed by atoms with Crippen LogP contribution in [0.4, 0.5) is 0 Å². The molecule has 0 N–H and O–H groups in total. The maximum atomic E-state index is 5.72. The number of hydrogen-bond acceptors (Lipinski definition) is 2. The van der Waals surface area contributed by atoms with E-state index in [1.807, 2.05) is 13.0 Å². The molecule has 12 heavy (non-hydrogen) atoms. The molecule has 0 unspecified atom stereocenters. The van der Waals surface area contributed by atoms with Gasteiger partial charge in [-0.1, -0.05) is 11.6 Å². The summed E-state index contributed by atoms with van der Waals surface area (Å²) in [6, 6.07) is 3.54. The highest BCUT2D eigenvalue weighted by molar-refractivity contribution is 9.10. The van der Waals surface area contributed by atoms with Crippen molar-refractivity contribution in [1.82, 2.24) is 14.6 Å². The van der Waals surface area contributed by atoms with Crippen molar-refractivity contribution in [2.75, 3.05) is 0 Å². The number of halogens is 2. The molecule has 2 aromatic heterocycles. The second kappa shape index (κ2) is 2.71. The van der Waals surface area contributed by atoms with Crippen LogP contribution in [0, 0.1) is 6.92 Å². The van der Waals surface area contributed by atoms with Gasteiger partial charge in [-0.15, -0.1) is 0 Å². The monoisotopic (exact) mass is 245 g/mol. The van der Waals surface area contributed by atoms with Crippen LogP contribution >= 0.6 is 27.5 Å². The third-order valence-electron chi connectivity index (χ3n) is 1.55. The number of fused-ring (bicyclic) bond motifs is 1. The SMILES string of the molecule is Cc1nc2ccc(Cl)nn2c1Br. The molecule has 0 saturated heterocycles. The third kappa shape index (κ3) is 1.11. The normalized spacial score (nSPS) is 10.9. The van der Waals surface area contributed by atoms with Crippen molar-refractivity contribution in [1.29, 1.82) is 0 Å². The van der Waals surface area contributed by atoms with Crippen LogP contribution in [0.25, 0.3) is 5.65 Å². The molecule has 0 atom stereocenters. The fraction of sp³-hybridized carbons (Fsp3) is 0.143. The van der Waals surface area contributed by atoms with E-state index in [-0.39, 0.29) is 0 Å². The van der Waals surface area contributed by atoms with Gasteiger partial charge >= 0.3 is 0 Å². The maximum absolute atomic E-state index is 5.72.